The zero-order valence-electron chi connectivity index (χ0n) is 10.0. The number of halogens is 2. The van der Waals surface area contributed by atoms with Crippen LogP contribution in [-0.4, -0.2) is 4.98 Å². The molecule has 0 saturated carbocycles. The van der Waals surface area contributed by atoms with Gasteiger partial charge in [0.05, 0.1) is 10.4 Å². The number of rotatable bonds is 3. The Morgan fingerprint density at radius 1 is 1.21 bits per heavy atom. The Hall–Kier alpha value is -1.09. The van der Waals surface area contributed by atoms with Gasteiger partial charge >= 0.3 is 0 Å². The lowest BCUT2D eigenvalue weighted by Crippen LogP contribution is -1.96. The van der Waals surface area contributed by atoms with E-state index >= 15 is 0 Å². The molecule has 0 spiro atoms. The predicted octanol–water partition coefficient (Wildman–Crippen LogP) is 5.47. The van der Waals surface area contributed by atoms with Gasteiger partial charge in [-0.2, -0.15) is 0 Å². The Morgan fingerprint density at radius 2 is 2.05 bits per heavy atom. The van der Waals surface area contributed by atoms with E-state index in [-0.39, 0.29) is 5.38 Å². The van der Waals surface area contributed by atoms with Crippen LogP contribution in [0.2, 0.25) is 5.02 Å². The summed E-state index contributed by atoms with van der Waals surface area (Å²) in [4.78, 5) is 3.99. The molecule has 1 atom stereocenters. The molecule has 96 valence electrons. The van der Waals surface area contributed by atoms with Crippen molar-refractivity contribution in [2.45, 2.75) is 11.8 Å². The van der Waals surface area contributed by atoms with Gasteiger partial charge in [-0.05, 0) is 40.4 Å². The van der Waals surface area contributed by atoms with E-state index in [4.69, 9.17) is 23.2 Å². The molecular weight excluding hydrogens is 297 g/mol. The topological polar surface area (TPSA) is 12.9 Å². The number of benzene rings is 1. The van der Waals surface area contributed by atoms with E-state index < -0.39 is 0 Å². The first-order chi connectivity index (χ1) is 9.25. The summed E-state index contributed by atoms with van der Waals surface area (Å²) in [6.07, 6.45) is 4.12. The van der Waals surface area contributed by atoms with E-state index in [1.807, 2.05) is 18.2 Å². The van der Waals surface area contributed by atoms with Crippen LogP contribution in [0.25, 0.3) is 10.1 Å². The summed E-state index contributed by atoms with van der Waals surface area (Å²) >= 11 is 14.4. The third-order valence-corrected chi connectivity index (χ3v) is 4.82. The standard InChI is InChI=1S/C15H11Cl2NS/c16-13(7-10-5-6-18-8-14(10)17)12-9-19-15-4-2-1-3-11(12)15/h1-6,8-9,13H,7H2. The number of hydrogen-bond donors (Lipinski definition) is 0. The molecule has 4 heteroatoms. The molecule has 1 nitrogen and oxygen atoms in total. The summed E-state index contributed by atoms with van der Waals surface area (Å²) in [5.41, 5.74) is 2.21. The Morgan fingerprint density at radius 3 is 2.89 bits per heavy atom. The van der Waals surface area contributed by atoms with E-state index in [9.17, 15) is 0 Å². The minimum Gasteiger partial charge on any atom is -0.263 e. The fourth-order valence-electron chi connectivity index (χ4n) is 2.11. The number of aromatic nitrogens is 1. The maximum absolute atomic E-state index is 6.56. The monoisotopic (exact) mass is 307 g/mol. The molecule has 0 aliphatic heterocycles. The molecule has 0 aliphatic carbocycles. The molecule has 0 aliphatic rings. The van der Waals surface area contributed by atoms with Crippen molar-refractivity contribution >= 4 is 44.6 Å². The minimum atomic E-state index is -0.0731. The quantitative estimate of drug-likeness (QED) is 0.584. The summed E-state index contributed by atoms with van der Waals surface area (Å²) in [6, 6.07) is 10.2. The lowest BCUT2D eigenvalue weighted by atomic mass is 10.0. The second-order valence-electron chi connectivity index (χ2n) is 4.33. The van der Waals surface area contributed by atoms with E-state index in [0.29, 0.717) is 11.4 Å². The lowest BCUT2D eigenvalue weighted by molar-refractivity contribution is 0.928. The van der Waals surface area contributed by atoms with Crippen LogP contribution in [0.15, 0.2) is 48.1 Å². The van der Waals surface area contributed by atoms with Crippen molar-refractivity contribution in [3.05, 3.63) is 64.3 Å². The van der Waals surface area contributed by atoms with E-state index in [1.165, 1.54) is 15.6 Å². The van der Waals surface area contributed by atoms with Crippen molar-refractivity contribution in [3.8, 4) is 0 Å². The SMILES string of the molecule is Clc1cnccc1CC(Cl)c1csc2ccccc12. The van der Waals surface area contributed by atoms with Gasteiger partial charge in [0, 0.05) is 17.1 Å². The Labute approximate surface area is 125 Å². The molecule has 0 N–H and O–H groups in total. The van der Waals surface area contributed by atoms with Crippen LogP contribution in [-0.2, 0) is 6.42 Å². The third kappa shape index (κ3) is 2.62. The van der Waals surface area contributed by atoms with Crippen molar-refractivity contribution < 1.29 is 0 Å². The van der Waals surface area contributed by atoms with Gasteiger partial charge in [-0.3, -0.25) is 4.98 Å². The number of pyridine rings is 1. The third-order valence-electron chi connectivity index (χ3n) is 3.10. The van der Waals surface area contributed by atoms with Crippen LogP contribution < -0.4 is 0 Å². The number of fused-ring (bicyclic) bond motifs is 1. The normalized spacial score (nSPS) is 12.7. The van der Waals surface area contributed by atoms with Crippen LogP contribution in [0, 0.1) is 0 Å². The fourth-order valence-corrected chi connectivity index (χ4v) is 3.75. The van der Waals surface area contributed by atoms with E-state index in [2.05, 4.69) is 22.5 Å². The predicted molar refractivity (Wildman–Crippen MR) is 83.4 cm³/mol. The lowest BCUT2D eigenvalue weighted by Gasteiger charge is -2.10. The number of thiophene rings is 1. The van der Waals surface area contributed by atoms with Crippen LogP contribution in [0.1, 0.15) is 16.5 Å². The fraction of sp³-hybridized carbons (Fsp3) is 0.133. The van der Waals surface area contributed by atoms with Gasteiger partial charge in [-0.15, -0.1) is 22.9 Å². The summed E-state index contributed by atoms with van der Waals surface area (Å²) in [6.45, 7) is 0. The Kier molecular flexibility index (Phi) is 3.74. The van der Waals surface area contributed by atoms with Gasteiger partial charge < -0.3 is 0 Å². The molecule has 2 aromatic heterocycles. The van der Waals surface area contributed by atoms with Gasteiger partial charge in [0.15, 0.2) is 0 Å². The first kappa shape index (κ1) is 12.9. The van der Waals surface area contributed by atoms with Crippen LogP contribution in [0.4, 0.5) is 0 Å². The number of nitrogens with zero attached hydrogens (tertiary/aromatic N) is 1. The van der Waals surface area contributed by atoms with Crippen LogP contribution in [0.3, 0.4) is 0 Å². The van der Waals surface area contributed by atoms with Crippen molar-refractivity contribution in [1.29, 1.82) is 0 Å². The first-order valence-electron chi connectivity index (χ1n) is 5.94. The molecule has 3 aromatic rings. The molecular formula is C15H11Cl2NS. The summed E-state index contributed by atoms with van der Waals surface area (Å²) in [5.74, 6) is 0. The van der Waals surface area contributed by atoms with Crippen LogP contribution >= 0.6 is 34.5 Å². The van der Waals surface area contributed by atoms with Crippen LogP contribution in [0.5, 0.6) is 0 Å². The minimum absolute atomic E-state index is 0.0731. The van der Waals surface area contributed by atoms with Crippen molar-refractivity contribution in [2.75, 3.05) is 0 Å². The van der Waals surface area contributed by atoms with Crippen molar-refractivity contribution in [3.63, 3.8) is 0 Å². The summed E-state index contributed by atoms with van der Waals surface area (Å²) in [5, 5.41) is 3.97. The van der Waals surface area contributed by atoms with Gasteiger partial charge in [0.1, 0.15) is 0 Å². The molecule has 0 radical (unpaired) electrons. The van der Waals surface area contributed by atoms with Gasteiger partial charge in [0.2, 0.25) is 0 Å². The summed E-state index contributed by atoms with van der Waals surface area (Å²) < 4.78 is 1.27. The highest BCUT2D eigenvalue weighted by atomic mass is 35.5. The first-order valence-corrected chi connectivity index (χ1v) is 7.63. The van der Waals surface area contributed by atoms with Crippen molar-refractivity contribution in [2.24, 2.45) is 0 Å². The highest BCUT2D eigenvalue weighted by molar-refractivity contribution is 7.17. The van der Waals surface area contributed by atoms with Gasteiger partial charge in [-0.25, -0.2) is 0 Å². The molecule has 0 fully saturated rings. The molecule has 0 saturated heterocycles. The number of alkyl halides is 1. The second-order valence-corrected chi connectivity index (χ2v) is 6.17. The number of hydrogen-bond acceptors (Lipinski definition) is 2. The smallest absolute Gasteiger partial charge is 0.0640 e. The molecule has 1 unspecified atom stereocenters. The average molecular weight is 308 g/mol. The van der Waals surface area contributed by atoms with E-state index in [0.717, 1.165) is 5.56 Å². The Balaban J connectivity index is 1.92. The second kappa shape index (κ2) is 5.49. The molecule has 3 rings (SSSR count). The zero-order chi connectivity index (χ0) is 13.2. The average Bonchev–Trinajstić information content (AvgIpc) is 2.85. The van der Waals surface area contributed by atoms with Gasteiger partial charge in [0.25, 0.3) is 0 Å². The maximum Gasteiger partial charge on any atom is 0.0640 e. The maximum atomic E-state index is 6.56. The van der Waals surface area contributed by atoms with Gasteiger partial charge in [-0.1, -0.05) is 29.8 Å². The Bertz CT molecular complexity index is 708. The molecule has 0 amide bonds. The zero-order valence-corrected chi connectivity index (χ0v) is 12.3. The highest BCUT2D eigenvalue weighted by Crippen LogP contribution is 2.36. The molecule has 19 heavy (non-hydrogen) atoms. The molecule has 1 aromatic carbocycles. The van der Waals surface area contributed by atoms with Crippen molar-refractivity contribution in [1.82, 2.24) is 4.98 Å². The molecule has 2 heterocycles. The largest absolute Gasteiger partial charge is 0.263 e. The molecule has 0 bridgehead atoms. The highest BCUT2D eigenvalue weighted by Gasteiger charge is 2.15. The van der Waals surface area contributed by atoms with E-state index in [1.54, 1.807) is 23.7 Å². The summed E-state index contributed by atoms with van der Waals surface area (Å²) in [7, 11) is 0.